The highest BCUT2D eigenvalue weighted by molar-refractivity contribution is 6.31. The Balaban J connectivity index is 2.20. The maximum absolute atomic E-state index is 6.60. The van der Waals surface area contributed by atoms with Crippen molar-refractivity contribution < 1.29 is 0 Å². The number of hydrogen-bond acceptors (Lipinski definition) is 2. The summed E-state index contributed by atoms with van der Waals surface area (Å²) in [4.78, 5) is 0. The van der Waals surface area contributed by atoms with Gasteiger partial charge < -0.3 is 5.73 Å². The molecule has 0 atom stereocenters. The standard InChI is InChI=1S/C15H26ClN3/c1-4-12-14(16)13(19(5-2)18-12)10-15(17)8-6-11(3)7-9-15/h11H,4-10,17H2,1-3H3. The monoisotopic (exact) mass is 283 g/mol. The third-order valence-corrected chi connectivity index (χ3v) is 4.92. The van der Waals surface area contributed by atoms with Crippen molar-refractivity contribution in [2.24, 2.45) is 11.7 Å². The predicted molar refractivity (Wildman–Crippen MR) is 80.5 cm³/mol. The number of nitrogens with two attached hydrogens (primary N) is 1. The molecule has 108 valence electrons. The van der Waals surface area contributed by atoms with Crippen molar-refractivity contribution in [1.29, 1.82) is 0 Å². The van der Waals surface area contributed by atoms with Gasteiger partial charge in [-0.25, -0.2) is 0 Å². The number of aryl methyl sites for hydroxylation is 2. The summed E-state index contributed by atoms with van der Waals surface area (Å²) in [6.45, 7) is 7.39. The van der Waals surface area contributed by atoms with Gasteiger partial charge in [-0.2, -0.15) is 5.10 Å². The predicted octanol–water partition coefficient (Wildman–Crippen LogP) is 3.57. The molecule has 0 radical (unpaired) electrons. The second kappa shape index (κ2) is 5.84. The van der Waals surface area contributed by atoms with Gasteiger partial charge in [-0.05, 0) is 44.9 Å². The normalized spacial score (nSPS) is 27.7. The Labute approximate surface area is 121 Å². The highest BCUT2D eigenvalue weighted by atomic mass is 35.5. The Kier molecular flexibility index (Phi) is 4.57. The van der Waals surface area contributed by atoms with Crippen LogP contribution in [0.5, 0.6) is 0 Å². The second-order valence-corrected chi connectivity index (χ2v) is 6.48. The van der Waals surface area contributed by atoms with Gasteiger partial charge in [-0.1, -0.05) is 25.4 Å². The molecule has 19 heavy (non-hydrogen) atoms. The summed E-state index contributed by atoms with van der Waals surface area (Å²) in [6.07, 6.45) is 6.40. The molecule has 0 amide bonds. The third-order valence-electron chi connectivity index (χ3n) is 4.48. The van der Waals surface area contributed by atoms with Crippen LogP contribution in [0.2, 0.25) is 5.02 Å². The first-order valence-electron chi connectivity index (χ1n) is 7.52. The lowest BCUT2D eigenvalue weighted by Gasteiger charge is -2.36. The Bertz CT molecular complexity index is 431. The molecule has 1 saturated carbocycles. The molecular formula is C15H26ClN3. The van der Waals surface area contributed by atoms with E-state index in [1.807, 2.05) is 4.68 Å². The van der Waals surface area contributed by atoms with Crippen LogP contribution in [0.15, 0.2) is 0 Å². The first-order chi connectivity index (χ1) is 8.99. The lowest BCUT2D eigenvalue weighted by atomic mass is 9.75. The molecule has 0 saturated heterocycles. The third kappa shape index (κ3) is 3.14. The molecule has 0 bridgehead atoms. The zero-order chi connectivity index (χ0) is 14.0. The quantitative estimate of drug-likeness (QED) is 0.918. The van der Waals surface area contributed by atoms with Gasteiger partial charge >= 0.3 is 0 Å². The Morgan fingerprint density at radius 1 is 1.37 bits per heavy atom. The van der Waals surface area contributed by atoms with Gasteiger partial charge in [-0.15, -0.1) is 0 Å². The minimum atomic E-state index is -0.0892. The van der Waals surface area contributed by atoms with Crippen molar-refractivity contribution in [2.45, 2.75) is 71.4 Å². The molecule has 0 unspecified atom stereocenters. The molecule has 1 heterocycles. The molecule has 0 aromatic carbocycles. The molecule has 1 fully saturated rings. The summed E-state index contributed by atoms with van der Waals surface area (Å²) in [7, 11) is 0. The van der Waals surface area contributed by atoms with E-state index in [1.54, 1.807) is 0 Å². The van der Waals surface area contributed by atoms with Crippen LogP contribution >= 0.6 is 11.6 Å². The van der Waals surface area contributed by atoms with E-state index in [-0.39, 0.29) is 5.54 Å². The zero-order valence-electron chi connectivity index (χ0n) is 12.4. The molecule has 1 aliphatic carbocycles. The van der Waals surface area contributed by atoms with E-state index in [0.29, 0.717) is 0 Å². The van der Waals surface area contributed by atoms with Gasteiger partial charge in [0, 0.05) is 18.5 Å². The lowest BCUT2D eigenvalue weighted by molar-refractivity contribution is 0.240. The summed E-state index contributed by atoms with van der Waals surface area (Å²) >= 11 is 6.48. The van der Waals surface area contributed by atoms with Gasteiger partial charge in [-0.3, -0.25) is 4.68 Å². The van der Waals surface area contributed by atoms with Crippen molar-refractivity contribution in [2.75, 3.05) is 0 Å². The van der Waals surface area contributed by atoms with E-state index in [1.165, 1.54) is 12.8 Å². The van der Waals surface area contributed by atoms with Crippen LogP contribution in [0.4, 0.5) is 0 Å². The number of halogens is 1. The first-order valence-corrected chi connectivity index (χ1v) is 7.89. The van der Waals surface area contributed by atoms with E-state index < -0.39 is 0 Å². The van der Waals surface area contributed by atoms with Gasteiger partial charge in [0.05, 0.1) is 16.4 Å². The molecule has 1 aromatic heterocycles. The fourth-order valence-corrected chi connectivity index (χ4v) is 3.37. The summed E-state index contributed by atoms with van der Waals surface area (Å²) < 4.78 is 2.04. The van der Waals surface area contributed by atoms with E-state index in [4.69, 9.17) is 17.3 Å². The molecular weight excluding hydrogens is 258 g/mol. The van der Waals surface area contributed by atoms with Gasteiger partial charge in [0.2, 0.25) is 0 Å². The maximum Gasteiger partial charge on any atom is 0.0850 e. The van der Waals surface area contributed by atoms with Crippen LogP contribution in [0.25, 0.3) is 0 Å². The number of nitrogens with zero attached hydrogens (tertiary/aromatic N) is 2. The summed E-state index contributed by atoms with van der Waals surface area (Å²) in [5.74, 6) is 0.814. The van der Waals surface area contributed by atoms with Crippen molar-refractivity contribution >= 4 is 11.6 Å². The largest absolute Gasteiger partial charge is 0.325 e. The van der Waals surface area contributed by atoms with Gasteiger partial charge in [0.25, 0.3) is 0 Å². The van der Waals surface area contributed by atoms with E-state index in [2.05, 4.69) is 25.9 Å². The van der Waals surface area contributed by atoms with Crippen LogP contribution < -0.4 is 5.73 Å². The van der Waals surface area contributed by atoms with Gasteiger partial charge in [0.1, 0.15) is 0 Å². The molecule has 0 aliphatic heterocycles. The van der Waals surface area contributed by atoms with Crippen molar-refractivity contribution in [3.8, 4) is 0 Å². The van der Waals surface area contributed by atoms with Crippen LogP contribution in [0.3, 0.4) is 0 Å². The molecule has 3 nitrogen and oxygen atoms in total. The van der Waals surface area contributed by atoms with Crippen molar-refractivity contribution in [3.05, 3.63) is 16.4 Å². The summed E-state index contributed by atoms with van der Waals surface area (Å²) in [5.41, 5.74) is 8.65. The van der Waals surface area contributed by atoms with Crippen LogP contribution in [0.1, 0.15) is 57.8 Å². The maximum atomic E-state index is 6.60. The molecule has 4 heteroatoms. The average molecular weight is 284 g/mol. The number of aromatic nitrogens is 2. The minimum Gasteiger partial charge on any atom is -0.325 e. The van der Waals surface area contributed by atoms with Crippen LogP contribution in [-0.2, 0) is 19.4 Å². The SMILES string of the molecule is CCc1nn(CC)c(CC2(N)CCC(C)CC2)c1Cl. The second-order valence-electron chi connectivity index (χ2n) is 6.10. The summed E-state index contributed by atoms with van der Waals surface area (Å²) in [6, 6.07) is 0. The lowest BCUT2D eigenvalue weighted by Crippen LogP contribution is -2.45. The Morgan fingerprint density at radius 3 is 2.53 bits per heavy atom. The van der Waals surface area contributed by atoms with E-state index in [9.17, 15) is 0 Å². The molecule has 1 aliphatic rings. The minimum absolute atomic E-state index is 0.0892. The fraction of sp³-hybridized carbons (Fsp3) is 0.800. The highest BCUT2D eigenvalue weighted by Crippen LogP contribution is 2.34. The molecule has 1 aromatic rings. The van der Waals surface area contributed by atoms with Gasteiger partial charge in [0.15, 0.2) is 0 Å². The van der Waals surface area contributed by atoms with Crippen LogP contribution in [0, 0.1) is 5.92 Å². The number of hydrogen-bond donors (Lipinski definition) is 1. The van der Waals surface area contributed by atoms with E-state index in [0.717, 1.165) is 54.6 Å². The van der Waals surface area contributed by atoms with Crippen molar-refractivity contribution in [3.63, 3.8) is 0 Å². The smallest absolute Gasteiger partial charge is 0.0850 e. The fourth-order valence-electron chi connectivity index (χ4n) is 3.03. The van der Waals surface area contributed by atoms with E-state index >= 15 is 0 Å². The average Bonchev–Trinajstić information content (AvgIpc) is 2.70. The highest BCUT2D eigenvalue weighted by Gasteiger charge is 2.32. The number of rotatable bonds is 4. The molecule has 0 spiro atoms. The Hall–Kier alpha value is -0.540. The van der Waals surface area contributed by atoms with Crippen molar-refractivity contribution in [1.82, 2.24) is 9.78 Å². The molecule has 2 N–H and O–H groups in total. The first kappa shape index (κ1) is 14.9. The zero-order valence-corrected chi connectivity index (χ0v) is 13.1. The Morgan fingerprint density at radius 2 is 2.00 bits per heavy atom. The molecule has 2 rings (SSSR count). The van der Waals surface area contributed by atoms with Crippen LogP contribution in [-0.4, -0.2) is 15.3 Å². The summed E-state index contributed by atoms with van der Waals surface area (Å²) in [5, 5.41) is 5.43. The topological polar surface area (TPSA) is 43.8 Å².